The number of hydrogen-bond acceptors (Lipinski definition) is 8. The number of likely N-dealkylation sites (tertiary alicyclic amines) is 1. The van der Waals surface area contributed by atoms with Gasteiger partial charge in [-0.25, -0.2) is 14.8 Å². The summed E-state index contributed by atoms with van der Waals surface area (Å²) < 4.78 is 13.4. The molecular weight excluding hydrogens is 600 g/mol. The minimum absolute atomic E-state index is 0.0876. The smallest absolute Gasteiger partial charge is 0.372 e. The fourth-order valence-corrected chi connectivity index (χ4v) is 5.58. The first-order valence-corrected chi connectivity index (χ1v) is 18.3. The van der Waals surface area contributed by atoms with Gasteiger partial charge in [0.2, 0.25) is 11.7 Å². The number of amides is 1. The number of carboxylic acids is 1. The number of aromatic nitrogens is 3. The molecule has 0 bridgehead atoms. The van der Waals surface area contributed by atoms with E-state index < -0.39 is 20.2 Å². The Morgan fingerprint density at radius 3 is 2.41 bits per heavy atom. The van der Waals surface area contributed by atoms with Crippen LogP contribution < -0.4 is 15.8 Å². The number of carboxylic acid groups (broad SMARTS) is 1. The Morgan fingerprint density at radius 1 is 1.16 bits per heavy atom. The Morgan fingerprint density at radius 2 is 1.84 bits per heavy atom. The van der Waals surface area contributed by atoms with E-state index in [2.05, 4.69) is 67.9 Å². The topological polar surface area (TPSA) is 145 Å². The number of carbonyl (C=O) groups is 2. The second-order valence-electron chi connectivity index (χ2n) is 12.8. The van der Waals surface area contributed by atoms with Gasteiger partial charge in [-0.2, -0.15) is 0 Å². The molecular formula is C31H47ClN6O5Si. The highest BCUT2D eigenvalue weighted by Gasteiger charge is 2.37. The first-order valence-electron chi connectivity index (χ1n) is 15.0. The summed E-state index contributed by atoms with van der Waals surface area (Å²) in [6, 6.07) is 9.47. The molecule has 1 aliphatic heterocycles. The summed E-state index contributed by atoms with van der Waals surface area (Å²) in [5.41, 5.74) is 6.61. The van der Waals surface area contributed by atoms with Gasteiger partial charge < -0.3 is 34.8 Å². The molecule has 44 heavy (non-hydrogen) atoms. The van der Waals surface area contributed by atoms with E-state index in [9.17, 15) is 14.7 Å². The van der Waals surface area contributed by atoms with Crippen LogP contribution in [0.2, 0.25) is 23.2 Å². The molecule has 0 unspecified atom stereocenters. The second-order valence-corrected chi connectivity index (χ2v) is 18.0. The molecule has 3 heterocycles. The van der Waals surface area contributed by atoms with Crippen LogP contribution in [0.15, 0.2) is 36.5 Å². The lowest BCUT2D eigenvalue weighted by molar-refractivity contribution is -0.116. The predicted octanol–water partition coefficient (Wildman–Crippen LogP) is 5.64. The van der Waals surface area contributed by atoms with Gasteiger partial charge >= 0.3 is 5.97 Å². The van der Waals surface area contributed by atoms with Crippen molar-refractivity contribution in [3.8, 4) is 5.75 Å². The summed E-state index contributed by atoms with van der Waals surface area (Å²) >= 11 is 5.82. The molecule has 242 valence electrons. The Bertz CT molecular complexity index is 1400. The fraction of sp³-hybridized carbons (Fsp3) is 0.548. The number of nitrogens with zero attached hydrogens (tertiary/aromatic N) is 4. The fourth-order valence-electron chi connectivity index (χ4n) is 4.44. The molecule has 0 saturated carbocycles. The van der Waals surface area contributed by atoms with Gasteiger partial charge in [0.05, 0.1) is 17.1 Å². The highest BCUT2D eigenvalue weighted by atomic mass is 35.5. The lowest BCUT2D eigenvalue weighted by Crippen LogP contribution is -2.42. The Labute approximate surface area is 266 Å². The number of carbonyl (C=O) groups excluding carboxylic acids is 1. The summed E-state index contributed by atoms with van der Waals surface area (Å²) in [6.07, 6.45) is 3.77. The molecule has 1 amide bonds. The molecule has 1 aliphatic rings. The number of benzene rings is 1. The number of anilines is 1. The predicted molar refractivity (Wildman–Crippen MR) is 177 cm³/mol. The molecule has 2 aromatic heterocycles. The van der Waals surface area contributed by atoms with Gasteiger partial charge in [0.25, 0.3) is 0 Å². The van der Waals surface area contributed by atoms with Crippen LogP contribution in [0.1, 0.15) is 58.1 Å². The van der Waals surface area contributed by atoms with E-state index in [1.807, 2.05) is 0 Å². The van der Waals surface area contributed by atoms with Crippen molar-refractivity contribution in [2.24, 2.45) is 5.73 Å². The number of para-hydroxylation sites is 1. The van der Waals surface area contributed by atoms with Crippen molar-refractivity contribution in [3.05, 3.63) is 47.4 Å². The maximum Gasteiger partial charge on any atom is 0.372 e. The van der Waals surface area contributed by atoms with Gasteiger partial charge in [0.15, 0.2) is 8.32 Å². The zero-order chi connectivity index (χ0) is 32.7. The Kier molecular flexibility index (Phi) is 12.3. The standard InChI is InChI=1S/C23H29ClN4O5Si.C8H18N2/c1-23(2,3)34(4,5)33-12-11-32-17-8-6-7-16-20(17)27-21(22(30)31)28(16)14-19(29)26-18-10-9-15(24)13-25-18;1-7(2)10-5-3-8(9)4-6-10/h6-10,13H,11-12,14H2,1-5H3,(H,30,31)(H,25,26,29);7-8H,3-6,9H2,1-2H3. The van der Waals surface area contributed by atoms with Gasteiger partial charge in [0.1, 0.15) is 30.2 Å². The zero-order valence-corrected chi connectivity index (χ0v) is 28.6. The first kappa shape index (κ1) is 35.4. The molecule has 11 nitrogen and oxygen atoms in total. The molecule has 4 rings (SSSR count). The first-order chi connectivity index (χ1) is 20.6. The quantitative estimate of drug-likeness (QED) is 0.188. The maximum absolute atomic E-state index is 12.6. The third kappa shape index (κ3) is 9.73. The Hall–Kier alpha value is -3.03. The summed E-state index contributed by atoms with van der Waals surface area (Å²) in [4.78, 5) is 35.2. The second kappa shape index (κ2) is 15.3. The molecule has 0 aliphatic carbocycles. The normalized spacial score (nSPS) is 14.8. The Balaban J connectivity index is 0.000000448. The SMILES string of the molecule is CC(C)(C)[Si](C)(C)OCCOc1cccc2c1nc(C(=O)O)n2CC(=O)Nc1ccc(Cl)cn1.CC(C)N1CCC(N)CC1. The number of hydrogen-bond donors (Lipinski definition) is 3. The van der Waals surface area contributed by atoms with Crippen molar-refractivity contribution in [2.45, 2.75) is 84.2 Å². The average molecular weight is 647 g/mol. The van der Waals surface area contributed by atoms with Crippen LogP contribution in [0.3, 0.4) is 0 Å². The molecule has 1 saturated heterocycles. The van der Waals surface area contributed by atoms with Gasteiger partial charge in [0, 0.05) is 18.3 Å². The van der Waals surface area contributed by atoms with Crippen molar-refractivity contribution in [1.29, 1.82) is 0 Å². The molecule has 1 aromatic carbocycles. The van der Waals surface area contributed by atoms with Gasteiger partial charge in [-0.3, -0.25) is 4.79 Å². The highest BCUT2D eigenvalue weighted by Crippen LogP contribution is 2.36. The number of nitrogens with one attached hydrogen (secondary N) is 1. The van der Waals surface area contributed by atoms with Crippen molar-refractivity contribution in [2.75, 3.05) is 31.6 Å². The largest absolute Gasteiger partial charge is 0.489 e. The van der Waals surface area contributed by atoms with Crippen molar-refractivity contribution < 1.29 is 23.9 Å². The molecule has 1 fully saturated rings. The van der Waals surface area contributed by atoms with Crippen molar-refractivity contribution in [1.82, 2.24) is 19.4 Å². The third-order valence-electron chi connectivity index (χ3n) is 8.14. The number of imidazole rings is 1. The summed E-state index contributed by atoms with van der Waals surface area (Å²) in [5.74, 6) is -1.23. The van der Waals surface area contributed by atoms with Crippen LogP contribution in [-0.4, -0.2) is 83.1 Å². The summed E-state index contributed by atoms with van der Waals surface area (Å²) in [5, 5.41) is 12.8. The highest BCUT2D eigenvalue weighted by molar-refractivity contribution is 6.74. The summed E-state index contributed by atoms with van der Waals surface area (Å²) in [6.45, 7) is 18.2. The molecule has 0 spiro atoms. The molecule has 0 radical (unpaired) electrons. The third-order valence-corrected chi connectivity index (χ3v) is 12.9. The minimum Gasteiger partial charge on any atom is -0.489 e. The van der Waals surface area contributed by atoms with Crippen LogP contribution in [0.25, 0.3) is 11.0 Å². The van der Waals surface area contributed by atoms with Gasteiger partial charge in [-0.05, 0) is 82.2 Å². The lowest BCUT2D eigenvalue weighted by atomic mass is 10.1. The number of pyridine rings is 1. The number of rotatable bonds is 10. The number of ether oxygens (including phenoxy) is 1. The monoisotopic (exact) mass is 646 g/mol. The lowest BCUT2D eigenvalue weighted by Gasteiger charge is -2.36. The van der Waals surface area contributed by atoms with Crippen molar-refractivity contribution in [3.63, 3.8) is 0 Å². The molecule has 3 aromatic rings. The number of fused-ring (bicyclic) bond motifs is 1. The van der Waals surface area contributed by atoms with Crippen LogP contribution in [-0.2, 0) is 15.8 Å². The number of aromatic carboxylic acids is 1. The van der Waals surface area contributed by atoms with Crippen LogP contribution in [0.5, 0.6) is 5.75 Å². The van der Waals surface area contributed by atoms with Gasteiger partial charge in [-0.15, -0.1) is 0 Å². The van der Waals surface area contributed by atoms with Crippen LogP contribution in [0.4, 0.5) is 5.82 Å². The molecule has 13 heteroatoms. The minimum atomic E-state index is -1.90. The van der Waals surface area contributed by atoms with Crippen LogP contribution >= 0.6 is 11.6 Å². The van der Waals surface area contributed by atoms with E-state index in [0.717, 1.165) is 0 Å². The van der Waals surface area contributed by atoms with E-state index in [-0.39, 0.29) is 17.4 Å². The van der Waals surface area contributed by atoms with Gasteiger partial charge in [-0.1, -0.05) is 38.4 Å². The van der Waals surface area contributed by atoms with E-state index in [4.69, 9.17) is 26.5 Å². The number of piperidine rings is 1. The average Bonchev–Trinajstić information content (AvgIpc) is 3.31. The maximum atomic E-state index is 12.6. The number of nitrogens with two attached hydrogens (primary N) is 1. The zero-order valence-electron chi connectivity index (χ0n) is 26.9. The van der Waals surface area contributed by atoms with Crippen molar-refractivity contribution >= 4 is 48.6 Å². The van der Waals surface area contributed by atoms with E-state index >= 15 is 0 Å². The summed E-state index contributed by atoms with van der Waals surface area (Å²) in [7, 11) is -1.90. The molecule has 0 atom stereocenters. The van der Waals surface area contributed by atoms with E-state index in [1.54, 1.807) is 30.3 Å². The molecule has 4 N–H and O–H groups in total. The number of halogens is 1. The van der Waals surface area contributed by atoms with E-state index in [1.165, 1.54) is 36.7 Å². The van der Waals surface area contributed by atoms with E-state index in [0.29, 0.717) is 52.9 Å². The van der Waals surface area contributed by atoms with Crippen LogP contribution in [0, 0.1) is 0 Å².